The predicted octanol–water partition coefficient (Wildman–Crippen LogP) is 0.807. The molecule has 0 aliphatic carbocycles. The largest absolute Gasteiger partial charge is 0.368 e. The van der Waals surface area contributed by atoms with Gasteiger partial charge in [-0.05, 0) is 24.6 Å². The van der Waals surface area contributed by atoms with Crippen molar-refractivity contribution < 1.29 is 4.79 Å². The second kappa shape index (κ2) is 6.48. The fourth-order valence-electron chi connectivity index (χ4n) is 2.70. The number of aryl methyl sites for hydroxylation is 1. The summed E-state index contributed by atoms with van der Waals surface area (Å²) in [5.41, 5.74) is 2.44. The highest BCUT2D eigenvalue weighted by Gasteiger charge is 2.21. The zero-order chi connectivity index (χ0) is 16.2. The summed E-state index contributed by atoms with van der Waals surface area (Å²) in [6.45, 7) is 5.21. The normalized spacial score (nSPS) is 14.6. The van der Waals surface area contributed by atoms with Gasteiger partial charge in [-0.15, -0.1) is 5.10 Å². The lowest BCUT2D eigenvalue weighted by Crippen LogP contribution is -2.49. The lowest BCUT2D eigenvalue weighted by Gasteiger charge is -2.36. The number of anilines is 1. The molecule has 0 saturated carbocycles. The molecule has 0 spiro atoms. The number of hydrogen-bond donors (Lipinski definition) is 0. The Hall–Kier alpha value is -2.88. The van der Waals surface area contributed by atoms with E-state index in [9.17, 15) is 4.79 Å². The molecule has 7 heteroatoms. The van der Waals surface area contributed by atoms with Crippen molar-refractivity contribution in [2.75, 3.05) is 31.1 Å². The van der Waals surface area contributed by atoms with Crippen LogP contribution >= 0.6 is 0 Å². The number of piperazine rings is 1. The van der Waals surface area contributed by atoms with Crippen LogP contribution in [-0.2, 0) is 11.3 Å². The van der Waals surface area contributed by atoms with Crippen molar-refractivity contribution >= 4 is 11.6 Å². The Morgan fingerprint density at radius 1 is 1.30 bits per heavy atom. The summed E-state index contributed by atoms with van der Waals surface area (Å²) in [5, 5.41) is 12.6. The summed E-state index contributed by atoms with van der Waals surface area (Å²) in [4.78, 5) is 20.2. The van der Waals surface area contributed by atoms with Gasteiger partial charge in [0.2, 0.25) is 5.91 Å². The van der Waals surface area contributed by atoms with Gasteiger partial charge in [0.1, 0.15) is 18.9 Å². The van der Waals surface area contributed by atoms with Crippen LogP contribution in [0.1, 0.15) is 11.4 Å². The molecule has 0 unspecified atom stereocenters. The van der Waals surface area contributed by atoms with Gasteiger partial charge in [0.15, 0.2) is 0 Å². The topological polar surface area (TPSA) is 78.0 Å². The summed E-state index contributed by atoms with van der Waals surface area (Å²) < 4.78 is 1.41. The summed E-state index contributed by atoms with van der Waals surface area (Å²) in [7, 11) is 0. The molecule has 1 amide bonds. The van der Waals surface area contributed by atoms with Gasteiger partial charge >= 0.3 is 0 Å². The smallest absolute Gasteiger partial charge is 0.252 e. The van der Waals surface area contributed by atoms with Gasteiger partial charge in [0.05, 0.1) is 0 Å². The Bertz CT molecular complexity index is 739. The first-order chi connectivity index (χ1) is 11.2. The molecule has 1 aliphatic rings. The van der Waals surface area contributed by atoms with Crippen LogP contribution in [0.2, 0.25) is 0 Å². The van der Waals surface area contributed by atoms with E-state index in [4.69, 9.17) is 5.26 Å². The average Bonchev–Trinajstić information content (AvgIpc) is 3.02. The number of benzene rings is 1. The second-order valence-corrected chi connectivity index (χ2v) is 5.58. The molecule has 2 aromatic rings. The number of nitriles is 1. The maximum absolute atomic E-state index is 12.3. The standard InChI is InChI=1S/C16H18N6O/c1-13-3-2-4-14(9-13)20-5-7-21(8-6-20)16(23)11-22-12-18-15(10-17)19-22/h2-4,9,12H,5-8,11H2,1H3. The third-order valence-electron chi connectivity index (χ3n) is 3.93. The van der Waals surface area contributed by atoms with E-state index in [1.165, 1.54) is 22.3 Å². The fraction of sp³-hybridized carbons (Fsp3) is 0.375. The highest BCUT2D eigenvalue weighted by molar-refractivity contribution is 5.76. The van der Waals surface area contributed by atoms with Crippen LogP contribution in [0.4, 0.5) is 5.69 Å². The van der Waals surface area contributed by atoms with E-state index >= 15 is 0 Å². The van der Waals surface area contributed by atoms with Gasteiger partial charge in [0.25, 0.3) is 5.82 Å². The lowest BCUT2D eigenvalue weighted by atomic mass is 10.2. The van der Waals surface area contributed by atoms with Crippen LogP contribution in [0, 0.1) is 18.3 Å². The van der Waals surface area contributed by atoms with Crippen LogP contribution in [0.5, 0.6) is 0 Å². The quantitative estimate of drug-likeness (QED) is 0.838. The third kappa shape index (κ3) is 3.48. The molecule has 1 aliphatic heterocycles. The van der Waals surface area contributed by atoms with Crippen molar-refractivity contribution in [2.24, 2.45) is 0 Å². The van der Waals surface area contributed by atoms with E-state index in [1.807, 2.05) is 11.0 Å². The maximum Gasteiger partial charge on any atom is 0.252 e. The van der Waals surface area contributed by atoms with Crippen LogP contribution < -0.4 is 4.90 Å². The van der Waals surface area contributed by atoms with Crippen LogP contribution in [0.15, 0.2) is 30.6 Å². The Balaban J connectivity index is 1.56. The molecular weight excluding hydrogens is 292 g/mol. The molecule has 0 N–H and O–H groups in total. The highest BCUT2D eigenvalue weighted by atomic mass is 16.2. The number of carbonyl (C=O) groups excluding carboxylic acids is 1. The van der Waals surface area contributed by atoms with Gasteiger partial charge in [-0.1, -0.05) is 12.1 Å². The number of rotatable bonds is 3. The average molecular weight is 310 g/mol. The molecule has 0 atom stereocenters. The van der Waals surface area contributed by atoms with E-state index in [2.05, 4.69) is 46.2 Å². The van der Waals surface area contributed by atoms with Gasteiger partial charge in [-0.25, -0.2) is 9.67 Å². The minimum atomic E-state index is 0.00304. The van der Waals surface area contributed by atoms with E-state index in [0.29, 0.717) is 13.1 Å². The number of aromatic nitrogens is 3. The zero-order valence-corrected chi connectivity index (χ0v) is 13.0. The fourth-order valence-corrected chi connectivity index (χ4v) is 2.70. The Kier molecular flexibility index (Phi) is 4.24. The molecule has 0 bridgehead atoms. The minimum Gasteiger partial charge on any atom is -0.368 e. The van der Waals surface area contributed by atoms with E-state index in [1.54, 1.807) is 0 Å². The summed E-state index contributed by atoms with van der Waals surface area (Å²) in [6.07, 6.45) is 1.42. The molecule has 0 radical (unpaired) electrons. The van der Waals surface area contributed by atoms with Gasteiger partial charge in [-0.3, -0.25) is 4.79 Å². The number of hydrogen-bond acceptors (Lipinski definition) is 5. The van der Waals surface area contributed by atoms with Crippen molar-refractivity contribution in [1.82, 2.24) is 19.7 Å². The van der Waals surface area contributed by atoms with E-state index in [-0.39, 0.29) is 18.3 Å². The summed E-state index contributed by atoms with van der Waals surface area (Å²) in [5.74, 6) is 0.0883. The number of carbonyl (C=O) groups is 1. The maximum atomic E-state index is 12.3. The molecule has 118 valence electrons. The molecular formula is C16H18N6O. The number of nitrogens with zero attached hydrogens (tertiary/aromatic N) is 6. The Morgan fingerprint density at radius 2 is 2.09 bits per heavy atom. The Labute approximate surface area is 134 Å². The van der Waals surface area contributed by atoms with Crippen LogP contribution in [0.3, 0.4) is 0 Å². The van der Waals surface area contributed by atoms with Gasteiger partial charge in [0, 0.05) is 31.9 Å². The molecule has 1 saturated heterocycles. The van der Waals surface area contributed by atoms with Crippen molar-refractivity contribution in [3.8, 4) is 6.07 Å². The lowest BCUT2D eigenvalue weighted by molar-refractivity contribution is -0.132. The molecule has 23 heavy (non-hydrogen) atoms. The van der Waals surface area contributed by atoms with Gasteiger partial charge in [-0.2, -0.15) is 5.26 Å². The first-order valence-corrected chi connectivity index (χ1v) is 7.54. The number of amides is 1. The van der Waals surface area contributed by atoms with Crippen LogP contribution in [-0.4, -0.2) is 51.8 Å². The third-order valence-corrected chi connectivity index (χ3v) is 3.93. The van der Waals surface area contributed by atoms with E-state index in [0.717, 1.165) is 13.1 Å². The molecule has 2 heterocycles. The minimum absolute atomic E-state index is 0.00304. The first-order valence-electron chi connectivity index (χ1n) is 7.54. The summed E-state index contributed by atoms with van der Waals surface area (Å²) >= 11 is 0. The van der Waals surface area contributed by atoms with Crippen molar-refractivity contribution in [3.63, 3.8) is 0 Å². The molecule has 1 aromatic heterocycles. The molecule has 7 nitrogen and oxygen atoms in total. The second-order valence-electron chi connectivity index (χ2n) is 5.58. The van der Waals surface area contributed by atoms with Crippen molar-refractivity contribution in [3.05, 3.63) is 42.0 Å². The van der Waals surface area contributed by atoms with E-state index < -0.39 is 0 Å². The molecule has 3 rings (SSSR count). The highest BCUT2D eigenvalue weighted by Crippen LogP contribution is 2.17. The molecule has 1 fully saturated rings. The SMILES string of the molecule is Cc1cccc(N2CCN(C(=O)Cn3cnc(C#N)n3)CC2)c1. The van der Waals surface area contributed by atoms with Crippen molar-refractivity contribution in [1.29, 1.82) is 5.26 Å². The zero-order valence-electron chi connectivity index (χ0n) is 13.0. The first kappa shape index (κ1) is 15.0. The van der Waals surface area contributed by atoms with Crippen molar-refractivity contribution in [2.45, 2.75) is 13.5 Å². The molecule has 1 aromatic carbocycles. The summed E-state index contributed by atoms with van der Waals surface area (Å²) in [6, 6.07) is 10.3. The predicted molar refractivity (Wildman–Crippen MR) is 84.7 cm³/mol. The van der Waals surface area contributed by atoms with Gasteiger partial charge < -0.3 is 9.80 Å². The monoisotopic (exact) mass is 310 g/mol. The van der Waals surface area contributed by atoms with Crippen LogP contribution in [0.25, 0.3) is 0 Å². The Morgan fingerprint density at radius 3 is 2.74 bits per heavy atom.